The number of carbonyl (C=O) groups excluding carboxylic acids is 1. The van der Waals surface area contributed by atoms with Crippen molar-refractivity contribution in [1.82, 2.24) is 5.32 Å². The van der Waals surface area contributed by atoms with Gasteiger partial charge in [-0.3, -0.25) is 0 Å². The summed E-state index contributed by atoms with van der Waals surface area (Å²) in [7, 11) is 2.94. The Morgan fingerprint density at radius 2 is 2.10 bits per heavy atom. The van der Waals surface area contributed by atoms with E-state index in [1.807, 2.05) is 0 Å². The van der Waals surface area contributed by atoms with Crippen molar-refractivity contribution in [2.75, 3.05) is 14.2 Å². The van der Waals surface area contributed by atoms with Crippen LogP contribution >= 0.6 is 0 Å². The van der Waals surface area contributed by atoms with E-state index in [0.29, 0.717) is 11.3 Å². The molecule has 0 radical (unpaired) electrons. The second-order valence-corrected chi connectivity index (χ2v) is 4.47. The summed E-state index contributed by atoms with van der Waals surface area (Å²) in [5.74, 6) is -1.27. The number of likely N-dealkylation sites (N-methyl/N-ethyl adjacent to an activating group) is 1. The number of methoxy groups -OCH3 is 1. The zero-order valence-electron chi connectivity index (χ0n) is 11.7. The van der Waals surface area contributed by atoms with Crippen LogP contribution in [0.4, 0.5) is 8.78 Å². The minimum Gasteiger partial charge on any atom is -0.463 e. The van der Waals surface area contributed by atoms with Crippen LogP contribution in [0.2, 0.25) is 0 Å². The minimum absolute atomic E-state index is 0.0762. The first-order chi connectivity index (χ1) is 10.0. The highest BCUT2D eigenvalue weighted by atomic mass is 19.1. The zero-order valence-corrected chi connectivity index (χ0v) is 11.7. The van der Waals surface area contributed by atoms with E-state index in [-0.39, 0.29) is 18.2 Å². The highest BCUT2D eigenvalue weighted by molar-refractivity contribution is 5.86. The second-order valence-electron chi connectivity index (χ2n) is 4.47. The highest BCUT2D eigenvalue weighted by Crippen LogP contribution is 2.22. The van der Waals surface area contributed by atoms with Crippen molar-refractivity contribution in [1.29, 1.82) is 0 Å². The summed E-state index contributed by atoms with van der Waals surface area (Å²) in [4.78, 5) is 11.3. The standard InChI is InChI=1S/C15H15F2NO3/c1-18-12(7-9-3-4-10(16)8-11(9)17)13-5-6-14(21-13)15(19)20-2/h3-6,8,12,18H,7H2,1-2H3. The third kappa shape index (κ3) is 3.46. The van der Waals surface area contributed by atoms with E-state index >= 15 is 0 Å². The molecule has 0 bridgehead atoms. The fraction of sp³-hybridized carbons (Fsp3) is 0.267. The summed E-state index contributed by atoms with van der Waals surface area (Å²) in [6.45, 7) is 0. The summed E-state index contributed by atoms with van der Waals surface area (Å²) >= 11 is 0. The lowest BCUT2D eigenvalue weighted by Gasteiger charge is -2.14. The molecule has 0 aliphatic rings. The van der Waals surface area contributed by atoms with Gasteiger partial charge in [-0.15, -0.1) is 0 Å². The van der Waals surface area contributed by atoms with Crippen molar-refractivity contribution < 1.29 is 22.7 Å². The normalized spacial score (nSPS) is 12.2. The molecule has 0 aliphatic heterocycles. The van der Waals surface area contributed by atoms with E-state index in [9.17, 15) is 13.6 Å². The molecule has 0 fully saturated rings. The van der Waals surface area contributed by atoms with E-state index < -0.39 is 17.6 Å². The van der Waals surface area contributed by atoms with Gasteiger partial charge in [-0.25, -0.2) is 13.6 Å². The Bertz CT molecular complexity index is 640. The van der Waals surface area contributed by atoms with E-state index in [4.69, 9.17) is 4.42 Å². The molecule has 4 nitrogen and oxygen atoms in total. The molecule has 1 unspecified atom stereocenters. The first kappa shape index (κ1) is 15.2. The first-order valence-electron chi connectivity index (χ1n) is 6.34. The van der Waals surface area contributed by atoms with Crippen LogP contribution in [0, 0.1) is 11.6 Å². The predicted molar refractivity (Wildman–Crippen MR) is 71.9 cm³/mol. The second kappa shape index (κ2) is 6.49. The molecule has 2 rings (SSSR count). The SMILES string of the molecule is CNC(Cc1ccc(F)cc1F)c1ccc(C(=O)OC)o1. The van der Waals surface area contributed by atoms with Crippen LogP contribution < -0.4 is 5.32 Å². The van der Waals surface area contributed by atoms with Gasteiger partial charge in [0, 0.05) is 6.07 Å². The monoisotopic (exact) mass is 295 g/mol. The summed E-state index contributed by atoms with van der Waals surface area (Å²) in [6, 6.07) is 6.20. The molecular weight excluding hydrogens is 280 g/mol. The average Bonchev–Trinajstić information content (AvgIpc) is 2.95. The van der Waals surface area contributed by atoms with Crippen LogP contribution in [-0.4, -0.2) is 20.1 Å². The number of halogens is 2. The van der Waals surface area contributed by atoms with Gasteiger partial charge >= 0.3 is 5.97 Å². The van der Waals surface area contributed by atoms with Gasteiger partial charge in [0.25, 0.3) is 0 Å². The summed E-state index contributed by atoms with van der Waals surface area (Å²) < 4.78 is 36.5. The average molecular weight is 295 g/mol. The molecule has 2 aromatic rings. The van der Waals surface area contributed by atoms with Gasteiger partial charge in [-0.1, -0.05) is 6.07 Å². The number of hydrogen-bond acceptors (Lipinski definition) is 4. The molecule has 0 aliphatic carbocycles. The van der Waals surface area contributed by atoms with Gasteiger partial charge in [-0.05, 0) is 37.2 Å². The number of ether oxygens (including phenoxy) is 1. The van der Waals surface area contributed by atoms with Gasteiger partial charge < -0.3 is 14.5 Å². The molecule has 0 saturated heterocycles. The van der Waals surface area contributed by atoms with Crippen LogP contribution in [-0.2, 0) is 11.2 Å². The maximum atomic E-state index is 13.7. The van der Waals surface area contributed by atoms with Crippen molar-refractivity contribution >= 4 is 5.97 Å². The van der Waals surface area contributed by atoms with Crippen LogP contribution in [0.3, 0.4) is 0 Å². The Morgan fingerprint density at radius 1 is 1.33 bits per heavy atom. The van der Waals surface area contributed by atoms with Crippen molar-refractivity contribution in [2.45, 2.75) is 12.5 Å². The van der Waals surface area contributed by atoms with Crippen LogP contribution in [0.5, 0.6) is 0 Å². The van der Waals surface area contributed by atoms with Crippen LogP contribution in [0.15, 0.2) is 34.7 Å². The molecule has 1 heterocycles. The maximum absolute atomic E-state index is 13.7. The van der Waals surface area contributed by atoms with E-state index in [0.717, 1.165) is 6.07 Å². The molecular formula is C15H15F2NO3. The van der Waals surface area contributed by atoms with E-state index in [1.165, 1.54) is 25.3 Å². The van der Waals surface area contributed by atoms with E-state index in [2.05, 4.69) is 10.1 Å². The van der Waals surface area contributed by atoms with Gasteiger partial charge in [-0.2, -0.15) is 0 Å². The Kier molecular flexibility index (Phi) is 4.70. The molecule has 0 saturated carbocycles. The lowest BCUT2D eigenvalue weighted by atomic mass is 10.0. The van der Waals surface area contributed by atoms with Gasteiger partial charge in [0.1, 0.15) is 17.4 Å². The van der Waals surface area contributed by atoms with Crippen molar-refractivity contribution in [3.63, 3.8) is 0 Å². The summed E-state index contributed by atoms with van der Waals surface area (Å²) in [5.41, 5.74) is 0.353. The van der Waals surface area contributed by atoms with Gasteiger partial charge in [0.15, 0.2) is 0 Å². The molecule has 6 heteroatoms. The quantitative estimate of drug-likeness (QED) is 0.862. The molecule has 0 amide bonds. The smallest absolute Gasteiger partial charge is 0.373 e. The number of hydrogen-bond donors (Lipinski definition) is 1. The van der Waals surface area contributed by atoms with Crippen molar-refractivity contribution in [3.8, 4) is 0 Å². The van der Waals surface area contributed by atoms with Crippen molar-refractivity contribution in [3.05, 3.63) is 59.1 Å². The fourth-order valence-corrected chi connectivity index (χ4v) is 2.00. The molecule has 1 aromatic heterocycles. The summed E-state index contributed by atoms with van der Waals surface area (Å²) in [6.07, 6.45) is 0.261. The Labute approximate surface area is 120 Å². The first-order valence-corrected chi connectivity index (χ1v) is 6.34. The third-order valence-electron chi connectivity index (χ3n) is 3.14. The number of nitrogens with one attached hydrogen (secondary N) is 1. The van der Waals surface area contributed by atoms with Crippen molar-refractivity contribution in [2.24, 2.45) is 0 Å². The van der Waals surface area contributed by atoms with Crippen LogP contribution in [0.25, 0.3) is 0 Å². The third-order valence-corrected chi connectivity index (χ3v) is 3.14. The van der Waals surface area contributed by atoms with Gasteiger partial charge in [0.05, 0.1) is 13.2 Å². The lowest BCUT2D eigenvalue weighted by molar-refractivity contribution is 0.0562. The summed E-state index contributed by atoms with van der Waals surface area (Å²) in [5, 5.41) is 2.97. The number of furan rings is 1. The number of carbonyl (C=O) groups is 1. The van der Waals surface area contributed by atoms with Crippen LogP contribution in [0.1, 0.15) is 27.9 Å². The number of benzene rings is 1. The Hall–Kier alpha value is -2.21. The maximum Gasteiger partial charge on any atom is 0.373 e. The highest BCUT2D eigenvalue weighted by Gasteiger charge is 2.19. The molecule has 0 spiro atoms. The van der Waals surface area contributed by atoms with E-state index in [1.54, 1.807) is 13.1 Å². The molecule has 1 N–H and O–H groups in total. The molecule has 112 valence electrons. The Balaban J connectivity index is 2.19. The fourth-order valence-electron chi connectivity index (χ4n) is 2.00. The zero-order chi connectivity index (χ0) is 15.4. The molecule has 1 atom stereocenters. The topological polar surface area (TPSA) is 51.5 Å². The lowest BCUT2D eigenvalue weighted by Crippen LogP contribution is -2.19. The number of rotatable bonds is 5. The number of esters is 1. The molecule has 21 heavy (non-hydrogen) atoms. The van der Waals surface area contributed by atoms with Gasteiger partial charge in [0.2, 0.25) is 5.76 Å². The minimum atomic E-state index is -0.622. The Morgan fingerprint density at radius 3 is 2.71 bits per heavy atom. The largest absolute Gasteiger partial charge is 0.463 e. The predicted octanol–water partition coefficient (Wildman–Crippen LogP) is 2.85. The molecule has 1 aromatic carbocycles.